The van der Waals surface area contributed by atoms with Crippen LogP contribution in [0.3, 0.4) is 0 Å². The average Bonchev–Trinajstić information content (AvgIpc) is 2.44. The lowest BCUT2D eigenvalue weighted by Gasteiger charge is -2.38. The number of hydrogen-bond acceptors (Lipinski definition) is 2. The standard InChI is InChI=1S/C13H26N2/c1-11(2)10(12(11,3)4)15-9-8-13(14)6-5-7-13/h10,15H,5-9,14H2,1-4H3. The minimum absolute atomic E-state index is 0.177. The molecule has 2 nitrogen and oxygen atoms in total. The first-order valence-corrected chi connectivity index (χ1v) is 6.32. The van der Waals surface area contributed by atoms with E-state index < -0.39 is 0 Å². The Morgan fingerprint density at radius 1 is 1.13 bits per heavy atom. The summed E-state index contributed by atoms with van der Waals surface area (Å²) >= 11 is 0. The van der Waals surface area contributed by atoms with Gasteiger partial charge >= 0.3 is 0 Å². The highest BCUT2D eigenvalue weighted by Crippen LogP contribution is 2.62. The van der Waals surface area contributed by atoms with E-state index in [-0.39, 0.29) is 5.54 Å². The van der Waals surface area contributed by atoms with Gasteiger partial charge in [-0.15, -0.1) is 0 Å². The van der Waals surface area contributed by atoms with Gasteiger partial charge in [0.05, 0.1) is 0 Å². The minimum Gasteiger partial charge on any atom is -0.325 e. The first-order valence-electron chi connectivity index (χ1n) is 6.32. The van der Waals surface area contributed by atoms with Crippen LogP contribution in [0.4, 0.5) is 0 Å². The molecule has 2 heteroatoms. The summed E-state index contributed by atoms with van der Waals surface area (Å²) in [6.45, 7) is 10.5. The lowest BCUT2D eigenvalue weighted by atomic mass is 9.75. The largest absolute Gasteiger partial charge is 0.325 e. The normalized spacial score (nSPS) is 31.0. The van der Waals surface area contributed by atoms with E-state index in [1.807, 2.05) is 0 Å². The van der Waals surface area contributed by atoms with Crippen molar-refractivity contribution in [3.8, 4) is 0 Å². The average molecular weight is 210 g/mol. The summed E-state index contributed by atoms with van der Waals surface area (Å²) in [4.78, 5) is 0. The molecule has 3 N–H and O–H groups in total. The monoisotopic (exact) mass is 210 g/mol. The number of hydrogen-bond donors (Lipinski definition) is 2. The molecule has 2 aliphatic rings. The molecular formula is C13H26N2. The van der Waals surface area contributed by atoms with Crippen molar-refractivity contribution in [2.45, 2.75) is 65.0 Å². The summed E-state index contributed by atoms with van der Waals surface area (Å²) < 4.78 is 0. The van der Waals surface area contributed by atoms with Crippen LogP contribution in [-0.4, -0.2) is 18.1 Å². The summed E-state index contributed by atoms with van der Waals surface area (Å²) in [6.07, 6.45) is 4.94. The molecule has 2 aliphatic carbocycles. The van der Waals surface area contributed by atoms with Crippen LogP contribution in [0.1, 0.15) is 53.4 Å². The van der Waals surface area contributed by atoms with Crippen LogP contribution in [0.25, 0.3) is 0 Å². The predicted octanol–water partition coefficient (Wildman–Crippen LogP) is 2.28. The molecule has 0 bridgehead atoms. The van der Waals surface area contributed by atoms with Crippen molar-refractivity contribution < 1.29 is 0 Å². The van der Waals surface area contributed by atoms with Gasteiger partial charge in [-0.3, -0.25) is 0 Å². The fourth-order valence-corrected chi connectivity index (χ4v) is 3.05. The minimum atomic E-state index is 0.177. The van der Waals surface area contributed by atoms with Gasteiger partial charge in [0.15, 0.2) is 0 Å². The Labute approximate surface area is 94.0 Å². The maximum Gasteiger partial charge on any atom is 0.0181 e. The molecule has 0 unspecified atom stereocenters. The molecule has 15 heavy (non-hydrogen) atoms. The third kappa shape index (κ3) is 1.72. The summed E-state index contributed by atoms with van der Waals surface area (Å²) in [7, 11) is 0. The van der Waals surface area contributed by atoms with E-state index in [1.165, 1.54) is 19.3 Å². The molecule has 88 valence electrons. The molecule has 2 saturated carbocycles. The van der Waals surface area contributed by atoms with Crippen molar-refractivity contribution in [3.63, 3.8) is 0 Å². The van der Waals surface area contributed by atoms with Crippen molar-refractivity contribution in [1.29, 1.82) is 0 Å². The van der Waals surface area contributed by atoms with Gasteiger partial charge in [0.2, 0.25) is 0 Å². The highest BCUT2D eigenvalue weighted by Gasteiger charge is 2.64. The van der Waals surface area contributed by atoms with Crippen molar-refractivity contribution in [3.05, 3.63) is 0 Å². The third-order valence-electron chi connectivity index (χ3n) is 5.34. The molecule has 0 radical (unpaired) electrons. The van der Waals surface area contributed by atoms with Gasteiger partial charge in [-0.1, -0.05) is 27.7 Å². The second kappa shape index (κ2) is 3.21. The topological polar surface area (TPSA) is 38.0 Å². The van der Waals surface area contributed by atoms with E-state index in [0.717, 1.165) is 13.0 Å². The van der Waals surface area contributed by atoms with Crippen LogP contribution in [0.2, 0.25) is 0 Å². The Bertz CT molecular complexity index is 237. The van der Waals surface area contributed by atoms with Gasteiger partial charge in [0.1, 0.15) is 0 Å². The summed E-state index contributed by atoms with van der Waals surface area (Å²) in [5.41, 5.74) is 7.29. The van der Waals surface area contributed by atoms with E-state index in [2.05, 4.69) is 33.0 Å². The van der Waals surface area contributed by atoms with Gasteiger partial charge in [-0.2, -0.15) is 0 Å². The first kappa shape index (κ1) is 11.4. The molecule has 0 spiro atoms. The van der Waals surface area contributed by atoms with Crippen LogP contribution in [-0.2, 0) is 0 Å². The van der Waals surface area contributed by atoms with E-state index in [4.69, 9.17) is 5.73 Å². The fraction of sp³-hybridized carbons (Fsp3) is 1.00. The lowest BCUT2D eigenvalue weighted by Crippen LogP contribution is -2.48. The zero-order valence-corrected chi connectivity index (χ0v) is 10.7. The lowest BCUT2D eigenvalue weighted by molar-refractivity contribution is 0.228. The Kier molecular flexibility index (Phi) is 2.44. The molecule has 0 aromatic rings. The molecule has 0 amide bonds. The molecule has 0 aromatic carbocycles. The van der Waals surface area contributed by atoms with Crippen LogP contribution >= 0.6 is 0 Å². The Balaban J connectivity index is 1.72. The van der Waals surface area contributed by atoms with Gasteiger partial charge in [-0.25, -0.2) is 0 Å². The number of rotatable bonds is 4. The highest BCUT2D eigenvalue weighted by atomic mass is 15.0. The van der Waals surface area contributed by atoms with Crippen LogP contribution in [0.15, 0.2) is 0 Å². The van der Waals surface area contributed by atoms with Crippen molar-refractivity contribution in [1.82, 2.24) is 5.32 Å². The molecule has 2 fully saturated rings. The summed E-state index contributed by atoms with van der Waals surface area (Å²) in [6, 6.07) is 0.675. The second-order valence-corrected chi connectivity index (χ2v) is 6.80. The first-order chi connectivity index (χ1) is 6.80. The van der Waals surface area contributed by atoms with Crippen LogP contribution in [0.5, 0.6) is 0 Å². The quantitative estimate of drug-likeness (QED) is 0.747. The maximum absolute atomic E-state index is 6.20. The molecule has 2 rings (SSSR count). The molecule has 0 saturated heterocycles. The smallest absolute Gasteiger partial charge is 0.0181 e. The maximum atomic E-state index is 6.20. The number of nitrogens with one attached hydrogen (secondary N) is 1. The summed E-state index contributed by atoms with van der Waals surface area (Å²) in [5.74, 6) is 0. The molecule has 0 heterocycles. The molecule has 0 aromatic heterocycles. The molecule has 0 atom stereocenters. The molecular weight excluding hydrogens is 184 g/mol. The second-order valence-electron chi connectivity index (χ2n) is 6.80. The van der Waals surface area contributed by atoms with Gasteiger partial charge in [0.25, 0.3) is 0 Å². The number of nitrogens with two attached hydrogens (primary N) is 1. The fourth-order valence-electron chi connectivity index (χ4n) is 3.05. The van der Waals surface area contributed by atoms with E-state index in [1.54, 1.807) is 0 Å². The van der Waals surface area contributed by atoms with Crippen LogP contribution in [0, 0.1) is 10.8 Å². The molecule has 0 aliphatic heterocycles. The SMILES string of the molecule is CC1(C)C(NCCC2(N)CCC2)C1(C)C. The van der Waals surface area contributed by atoms with E-state index in [0.29, 0.717) is 16.9 Å². The zero-order chi connectivity index (χ0) is 11.3. The van der Waals surface area contributed by atoms with Crippen molar-refractivity contribution >= 4 is 0 Å². The third-order valence-corrected chi connectivity index (χ3v) is 5.34. The van der Waals surface area contributed by atoms with Gasteiger partial charge < -0.3 is 11.1 Å². The van der Waals surface area contributed by atoms with E-state index in [9.17, 15) is 0 Å². The highest BCUT2D eigenvalue weighted by molar-refractivity contribution is 5.17. The Morgan fingerprint density at radius 2 is 1.67 bits per heavy atom. The predicted molar refractivity (Wildman–Crippen MR) is 64.7 cm³/mol. The summed E-state index contributed by atoms with van der Waals surface area (Å²) in [5, 5.41) is 3.68. The van der Waals surface area contributed by atoms with Crippen molar-refractivity contribution in [2.24, 2.45) is 16.6 Å². The zero-order valence-electron chi connectivity index (χ0n) is 10.7. The van der Waals surface area contributed by atoms with Gasteiger partial charge in [0, 0.05) is 11.6 Å². The van der Waals surface area contributed by atoms with Crippen molar-refractivity contribution in [2.75, 3.05) is 6.54 Å². The van der Waals surface area contributed by atoms with E-state index >= 15 is 0 Å². The Morgan fingerprint density at radius 3 is 2.00 bits per heavy atom. The Hall–Kier alpha value is -0.0800. The van der Waals surface area contributed by atoms with Gasteiger partial charge in [-0.05, 0) is 43.1 Å². The van der Waals surface area contributed by atoms with Crippen LogP contribution < -0.4 is 11.1 Å².